The Kier molecular flexibility index (Phi) is 3.42. The predicted molar refractivity (Wildman–Crippen MR) is 67.6 cm³/mol. The van der Waals surface area contributed by atoms with Crippen LogP contribution in [0.15, 0.2) is 6.33 Å². The number of hydrazine groups is 1. The first-order valence-electron chi connectivity index (χ1n) is 5.99. The van der Waals surface area contributed by atoms with Crippen LogP contribution in [0.5, 0.6) is 0 Å². The van der Waals surface area contributed by atoms with Crippen LogP contribution < -0.4 is 16.2 Å². The lowest BCUT2D eigenvalue weighted by atomic mass is 10.1. The lowest BCUT2D eigenvalue weighted by Gasteiger charge is -2.20. The van der Waals surface area contributed by atoms with E-state index in [0.29, 0.717) is 11.9 Å². The van der Waals surface area contributed by atoms with E-state index in [1.807, 2.05) is 0 Å². The Hall–Kier alpha value is -1.43. The van der Waals surface area contributed by atoms with Crippen LogP contribution in [-0.2, 0) is 0 Å². The van der Waals surface area contributed by atoms with Crippen molar-refractivity contribution in [1.29, 1.82) is 0 Å². The number of nitrogens with one attached hydrogen (secondary N) is 3. The number of nitrogens with zero attached hydrogens (tertiary/aromatic N) is 3. The molecule has 1 aromatic heterocycles. The molecule has 94 valence electrons. The van der Waals surface area contributed by atoms with Crippen molar-refractivity contribution in [2.45, 2.75) is 39.2 Å². The van der Waals surface area contributed by atoms with E-state index in [4.69, 9.17) is 0 Å². The molecule has 1 saturated carbocycles. The van der Waals surface area contributed by atoms with Crippen molar-refractivity contribution in [3.8, 4) is 0 Å². The minimum absolute atomic E-state index is 0.0335. The van der Waals surface area contributed by atoms with E-state index in [9.17, 15) is 0 Å². The normalized spacial score (nSPS) is 15.7. The molecule has 3 N–H and O–H groups in total. The molecular formula is C11H20N6. The standard InChI is InChI=1S/C11H20N6/c1-11(2,3)17-16-10-14-7-13-9(15-10)12-6-8-4-5-8/h7-8,17H,4-6H2,1-3H3,(H2,12,13,14,15,16). The van der Waals surface area contributed by atoms with Crippen molar-refractivity contribution in [2.24, 2.45) is 5.92 Å². The minimum Gasteiger partial charge on any atom is -0.354 e. The molecule has 1 aliphatic carbocycles. The van der Waals surface area contributed by atoms with Gasteiger partial charge in [0.25, 0.3) is 0 Å². The van der Waals surface area contributed by atoms with Crippen molar-refractivity contribution in [1.82, 2.24) is 20.4 Å². The van der Waals surface area contributed by atoms with Crippen LogP contribution in [0, 0.1) is 5.92 Å². The van der Waals surface area contributed by atoms with Gasteiger partial charge in [0.05, 0.1) is 0 Å². The number of aromatic nitrogens is 3. The summed E-state index contributed by atoms with van der Waals surface area (Å²) in [7, 11) is 0. The van der Waals surface area contributed by atoms with Gasteiger partial charge in [-0.2, -0.15) is 4.98 Å². The summed E-state index contributed by atoms with van der Waals surface area (Å²) in [4.78, 5) is 12.4. The van der Waals surface area contributed by atoms with Crippen LogP contribution in [0.4, 0.5) is 11.9 Å². The van der Waals surface area contributed by atoms with E-state index in [1.165, 1.54) is 19.2 Å². The maximum Gasteiger partial charge on any atom is 0.242 e. The second-order valence-corrected chi connectivity index (χ2v) is 5.46. The molecular weight excluding hydrogens is 216 g/mol. The molecule has 0 amide bonds. The molecule has 1 heterocycles. The molecule has 0 bridgehead atoms. The van der Waals surface area contributed by atoms with E-state index in [1.54, 1.807) is 0 Å². The lowest BCUT2D eigenvalue weighted by Crippen LogP contribution is -2.40. The molecule has 0 radical (unpaired) electrons. The molecule has 6 heteroatoms. The van der Waals surface area contributed by atoms with Crippen molar-refractivity contribution < 1.29 is 0 Å². The van der Waals surface area contributed by atoms with Gasteiger partial charge in [-0.15, -0.1) is 0 Å². The highest BCUT2D eigenvalue weighted by Gasteiger charge is 2.21. The second kappa shape index (κ2) is 4.83. The Balaban J connectivity index is 1.86. The Labute approximate surface area is 102 Å². The Bertz CT molecular complexity index is 368. The second-order valence-electron chi connectivity index (χ2n) is 5.46. The summed E-state index contributed by atoms with van der Waals surface area (Å²) in [5.74, 6) is 1.97. The molecule has 17 heavy (non-hydrogen) atoms. The predicted octanol–water partition coefficient (Wildman–Crippen LogP) is 1.41. The van der Waals surface area contributed by atoms with E-state index in [0.717, 1.165) is 12.5 Å². The first-order chi connectivity index (χ1) is 8.03. The quantitative estimate of drug-likeness (QED) is 0.671. The van der Waals surface area contributed by atoms with Gasteiger partial charge in [0, 0.05) is 12.1 Å². The molecule has 0 aliphatic heterocycles. The van der Waals surface area contributed by atoms with E-state index >= 15 is 0 Å². The Morgan fingerprint density at radius 2 is 1.94 bits per heavy atom. The fourth-order valence-corrected chi connectivity index (χ4v) is 1.24. The fraction of sp³-hybridized carbons (Fsp3) is 0.727. The highest BCUT2D eigenvalue weighted by Crippen LogP contribution is 2.28. The van der Waals surface area contributed by atoms with Gasteiger partial charge in [0.2, 0.25) is 11.9 Å². The van der Waals surface area contributed by atoms with Crippen molar-refractivity contribution in [2.75, 3.05) is 17.3 Å². The van der Waals surface area contributed by atoms with Gasteiger partial charge >= 0.3 is 0 Å². The van der Waals surface area contributed by atoms with Gasteiger partial charge in [-0.25, -0.2) is 15.4 Å². The highest BCUT2D eigenvalue weighted by molar-refractivity contribution is 5.32. The summed E-state index contributed by atoms with van der Waals surface area (Å²) in [6.07, 6.45) is 4.14. The van der Waals surface area contributed by atoms with Crippen LogP contribution in [-0.4, -0.2) is 27.0 Å². The van der Waals surface area contributed by atoms with E-state index in [-0.39, 0.29) is 5.54 Å². The summed E-state index contributed by atoms with van der Waals surface area (Å²) >= 11 is 0. The molecule has 0 spiro atoms. The van der Waals surface area contributed by atoms with Gasteiger partial charge in [-0.05, 0) is 39.5 Å². The van der Waals surface area contributed by atoms with Crippen LogP contribution in [0.1, 0.15) is 33.6 Å². The topological polar surface area (TPSA) is 74.8 Å². The molecule has 1 fully saturated rings. The first-order valence-corrected chi connectivity index (χ1v) is 5.99. The molecule has 0 aromatic carbocycles. The Morgan fingerprint density at radius 3 is 2.59 bits per heavy atom. The van der Waals surface area contributed by atoms with Crippen molar-refractivity contribution >= 4 is 11.9 Å². The van der Waals surface area contributed by atoms with Gasteiger partial charge in [-0.3, -0.25) is 5.43 Å². The molecule has 1 aromatic rings. The molecule has 0 unspecified atom stereocenters. The van der Waals surface area contributed by atoms with Crippen molar-refractivity contribution in [3.05, 3.63) is 6.33 Å². The minimum atomic E-state index is -0.0335. The Morgan fingerprint density at radius 1 is 1.24 bits per heavy atom. The maximum absolute atomic E-state index is 4.27. The summed E-state index contributed by atoms with van der Waals surface area (Å²) in [6.45, 7) is 7.14. The number of anilines is 2. The zero-order chi connectivity index (χ0) is 12.3. The molecule has 0 saturated heterocycles. The van der Waals surface area contributed by atoms with E-state index in [2.05, 4.69) is 51.9 Å². The fourth-order valence-electron chi connectivity index (χ4n) is 1.24. The number of hydrogen-bond acceptors (Lipinski definition) is 6. The van der Waals surface area contributed by atoms with Gasteiger partial charge in [-0.1, -0.05) is 0 Å². The zero-order valence-corrected chi connectivity index (χ0v) is 10.6. The number of hydrogen-bond donors (Lipinski definition) is 3. The smallest absolute Gasteiger partial charge is 0.242 e. The zero-order valence-electron chi connectivity index (χ0n) is 10.6. The third kappa shape index (κ3) is 4.52. The molecule has 1 aliphatic rings. The third-order valence-corrected chi connectivity index (χ3v) is 2.37. The average Bonchev–Trinajstić information content (AvgIpc) is 3.07. The summed E-state index contributed by atoms with van der Waals surface area (Å²) < 4.78 is 0. The monoisotopic (exact) mass is 236 g/mol. The molecule has 0 atom stereocenters. The van der Waals surface area contributed by atoms with Crippen LogP contribution in [0.2, 0.25) is 0 Å². The van der Waals surface area contributed by atoms with Crippen molar-refractivity contribution in [3.63, 3.8) is 0 Å². The van der Waals surface area contributed by atoms with Crippen LogP contribution >= 0.6 is 0 Å². The van der Waals surface area contributed by atoms with Crippen LogP contribution in [0.25, 0.3) is 0 Å². The first kappa shape index (κ1) is 12.0. The van der Waals surface area contributed by atoms with Gasteiger partial charge < -0.3 is 5.32 Å². The molecule has 2 rings (SSSR count). The molecule has 6 nitrogen and oxygen atoms in total. The summed E-state index contributed by atoms with van der Waals surface area (Å²) in [5, 5.41) is 3.21. The lowest BCUT2D eigenvalue weighted by molar-refractivity contribution is 0.463. The van der Waals surface area contributed by atoms with Gasteiger partial charge in [0.1, 0.15) is 6.33 Å². The van der Waals surface area contributed by atoms with E-state index < -0.39 is 0 Å². The highest BCUT2D eigenvalue weighted by atomic mass is 15.4. The third-order valence-electron chi connectivity index (χ3n) is 2.37. The SMILES string of the molecule is CC(C)(C)NNc1ncnc(NCC2CC2)n1. The van der Waals surface area contributed by atoms with Gasteiger partial charge in [0.15, 0.2) is 0 Å². The summed E-state index contributed by atoms with van der Waals surface area (Å²) in [5.41, 5.74) is 6.05. The number of rotatable bonds is 5. The largest absolute Gasteiger partial charge is 0.354 e. The summed E-state index contributed by atoms with van der Waals surface area (Å²) in [6, 6.07) is 0. The maximum atomic E-state index is 4.27. The van der Waals surface area contributed by atoms with Crippen LogP contribution in [0.3, 0.4) is 0 Å². The average molecular weight is 236 g/mol.